The van der Waals surface area contributed by atoms with Gasteiger partial charge in [0.25, 0.3) is 5.88 Å². The minimum absolute atomic E-state index is 0.431. The van der Waals surface area contributed by atoms with Gasteiger partial charge >= 0.3 is 0 Å². The van der Waals surface area contributed by atoms with E-state index in [1.54, 1.807) is 13.3 Å². The van der Waals surface area contributed by atoms with Crippen LogP contribution in [0.1, 0.15) is 11.3 Å². The third-order valence-electron chi connectivity index (χ3n) is 3.15. The summed E-state index contributed by atoms with van der Waals surface area (Å²) in [7, 11) is 1.65. The molecule has 3 aromatic rings. The lowest BCUT2D eigenvalue weighted by atomic mass is 10.2. The zero-order valence-electron chi connectivity index (χ0n) is 11.7. The van der Waals surface area contributed by atoms with E-state index in [1.165, 1.54) is 0 Å². The lowest BCUT2D eigenvalue weighted by Crippen LogP contribution is -2.03. The second-order valence-electron chi connectivity index (χ2n) is 4.55. The Hall–Kier alpha value is -2.08. The number of methoxy groups -OCH3 is 1. The maximum Gasteiger partial charge on any atom is 0.259 e. The zero-order chi connectivity index (χ0) is 14.8. The Morgan fingerprint density at radius 1 is 1.24 bits per heavy atom. The highest BCUT2D eigenvalue weighted by Gasteiger charge is 2.11. The van der Waals surface area contributed by atoms with Gasteiger partial charge in [0.15, 0.2) is 0 Å². The van der Waals surface area contributed by atoms with E-state index in [4.69, 9.17) is 9.47 Å². The van der Waals surface area contributed by atoms with Crippen molar-refractivity contribution in [3.63, 3.8) is 0 Å². The number of halogens is 1. The first kappa shape index (κ1) is 13.9. The summed E-state index contributed by atoms with van der Waals surface area (Å²) in [4.78, 5) is 8.73. The molecule has 0 atom stereocenters. The van der Waals surface area contributed by atoms with Crippen LogP contribution in [-0.4, -0.2) is 21.5 Å². The summed E-state index contributed by atoms with van der Waals surface area (Å²) in [5, 5.41) is 0. The van der Waals surface area contributed by atoms with Crippen molar-refractivity contribution in [2.45, 2.75) is 13.5 Å². The van der Waals surface area contributed by atoms with Gasteiger partial charge < -0.3 is 9.47 Å². The van der Waals surface area contributed by atoms with E-state index in [2.05, 4.69) is 25.9 Å². The Morgan fingerprint density at radius 3 is 2.71 bits per heavy atom. The molecule has 0 saturated carbocycles. The van der Waals surface area contributed by atoms with Crippen LogP contribution in [0.3, 0.4) is 0 Å². The molecule has 0 fully saturated rings. The molecule has 5 nitrogen and oxygen atoms in total. The summed E-state index contributed by atoms with van der Waals surface area (Å²) >= 11 is 3.50. The van der Waals surface area contributed by atoms with E-state index >= 15 is 0 Å². The first-order valence-corrected chi connectivity index (χ1v) is 7.23. The van der Waals surface area contributed by atoms with Gasteiger partial charge in [-0.05, 0) is 40.5 Å². The molecular weight excluding hydrogens is 334 g/mol. The normalized spacial score (nSPS) is 10.8. The number of aryl methyl sites for hydroxylation is 1. The second-order valence-corrected chi connectivity index (χ2v) is 5.30. The van der Waals surface area contributed by atoms with Gasteiger partial charge in [0, 0.05) is 12.4 Å². The van der Waals surface area contributed by atoms with Gasteiger partial charge in [-0.25, -0.2) is 9.97 Å². The molecule has 0 radical (unpaired) electrons. The van der Waals surface area contributed by atoms with Crippen LogP contribution < -0.4 is 9.47 Å². The molecule has 0 unspecified atom stereocenters. The summed E-state index contributed by atoms with van der Waals surface area (Å²) in [6, 6.07) is 7.74. The van der Waals surface area contributed by atoms with Crippen molar-refractivity contribution in [1.29, 1.82) is 0 Å². The topological polar surface area (TPSA) is 48.7 Å². The molecular formula is C15H14BrN3O2. The molecule has 0 bridgehead atoms. The molecule has 21 heavy (non-hydrogen) atoms. The minimum Gasteiger partial charge on any atom is -0.497 e. The lowest BCUT2D eigenvalue weighted by Gasteiger charge is -2.10. The van der Waals surface area contributed by atoms with Gasteiger partial charge in [0.2, 0.25) is 5.65 Å². The number of hydrogen-bond acceptors (Lipinski definition) is 4. The molecule has 6 heteroatoms. The molecule has 0 amide bonds. The molecule has 0 spiro atoms. The number of ether oxygens (including phenoxy) is 2. The number of fused-ring (bicyclic) bond motifs is 1. The predicted molar refractivity (Wildman–Crippen MR) is 82.8 cm³/mol. The van der Waals surface area contributed by atoms with Crippen molar-refractivity contribution in [2.75, 3.05) is 7.11 Å². The number of benzene rings is 1. The van der Waals surface area contributed by atoms with Crippen molar-refractivity contribution in [3.05, 3.63) is 52.5 Å². The summed E-state index contributed by atoms with van der Waals surface area (Å²) in [6.07, 6.45) is 3.59. The van der Waals surface area contributed by atoms with Gasteiger partial charge in [-0.3, -0.25) is 4.40 Å². The van der Waals surface area contributed by atoms with Crippen LogP contribution in [0, 0.1) is 6.92 Å². The fourth-order valence-corrected chi connectivity index (χ4v) is 2.39. The van der Waals surface area contributed by atoms with Gasteiger partial charge in [-0.2, -0.15) is 0 Å². The summed E-state index contributed by atoms with van der Waals surface area (Å²) < 4.78 is 13.7. The number of nitrogens with zero attached hydrogens (tertiary/aromatic N) is 3. The van der Waals surface area contributed by atoms with E-state index in [0.29, 0.717) is 18.1 Å². The fourth-order valence-electron chi connectivity index (χ4n) is 2.01. The van der Waals surface area contributed by atoms with Crippen LogP contribution >= 0.6 is 15.9 Å². The van der Waals surface area contributed by atoms with Crippen LogP contribution in [0.25, 0.3) is 5.65 Å². The molecule has 108 valence electrons. The maximum absolute atomic E-state index is 5.82. The summed E-state index contributed by atoms with van der Waals surface area (Å²) in [5.41, 5.74) is 2.59. The van der Waals surface area contributed by atoms with Crippen LogP contribution in [0.2, 0.25) is 0 Å². The maximum atomic E-state index is 5.82. The second kappa shape index (κ2) is 5.73. The van der Waals surface area contributed by atoms with Crippen molar-refractivity contribution < 1.29 is 9.47 Å². The quantitative estimate of drug-likeness (QED) is 0.725. The molecule has 0 aliphatic heterocycles. The summed E-state index contributed by atoms with van der Waals surface area (Å²) in [5.74, 6) is 1.35. The third-order valence-corrected chi connectivity index (χ3v) is 4.10. The molecule has 1 aromatic carbocycles. The third kappa shape index (κ3) is 2.71. The summed E-state index contributed by atoms with van der Waals surface area (Å²) in [6.45, 7) is 2.35. The number of imidazole rings is 1. The van der Waals surface area contributed by atoms with Crippen LogP contribution in [0.4, 0.5) is 0 Å². The lowest BCUT2D eigenvalue weighted by molar-refractivity contribution is 0.295. The van der Waals surface area contributed by atoms with Crippen LogP contribution in [-0.2, 0) is 6.61 Å². The smallest absolute Gasteiger partial charge is 0.259 e. The average molecular weight is 348 g/mol. The zero-order valence-corrected chi connectivity index (χ0v) is 13.3. The Morgan fingerprint density at radius 2 is 2.00 bits per heavy atom. The molecule has 2 aromatic heterocycles. The van der Waals surface area contributed by atoms with E-state index in [1.807, 2.05) is 41.8 Å². The molecule has 0 saturated heterocycles. The van der Waals surface area contributed by atoms with E-state index in [9.17, 15) is 0 Å². The molecule has 3 rings (SSSR count). The Balaban J connectivity index is 1.84. The average Bonchev–Trinajstić information content (AvgIpc) is 3.00. The van der Waals surface area contributed by atoms with E-state index < -0.39 is 0 Å². The van der Waals surface area contributed by atoms with Gasteiger partial charge in [0.1, 0.15) is 17.0 Å². The molecule has 0 aliphatic carbocycles. The fraction of sp³-hybridized carbons (Fsp3) is 0.200. The van der Waals surface area contributed by atoms with Gasteiger partial charge in [-0.15, -0.1) is 0 Å². The Kier molecular flexibility index (Phi) is 3.79. The SMILES string of the molecule is COc1ccc(COc2nc(C)c(Br)n3ccnc23)cc1. The highest BCUT2D eigenvalue weighted by molar-refractivity contribution is 9.10. The molecule has 0 aliphatic rings. The van der Waals surface area contributed by atoms with Crippen LogP contribution in [0.15, 0.2) is 41.3 Å². The minimum atomic E-state index is 0.431. The van der Waals surface area contributed by atoms with Crippen molar-refractivity contribution in [1.82, 2.24) is 14.4 Å². The standard InChI is InChI=1S/C15H14BrN3O2/c1-10-13(16)19-8-7-17-14(19)15(18-10)21-9-11-3-5-12(20-2)6-4-11/h3-8H,9H2,1-2H3. The van der Waals surface area contributed by atoms with Crippen molar-refractivity contribution >= 4 is 21.6 Å². The van der Waals surface area contributed by atoms with Crippen molar-refractivity contribution in [2.24, 2.45) is 0 Å². The van der Waals surface area contributed by atoms with Gasteiger partial charge in [0.05, 0.1) is 12.8 Å². The van der Waals surface area contributed by atoms with E-state index in [-0.39, 0.29) is 0 Å². The Bertz CT molecular complexity index is 768. The number of hydrogen-bond donors (Lipinski definition) is 0. The number of aromatic nitrogens is 3. The van der Waals surface area contributed by atoms with E-state index in [0.717, 1.165) is 21.6 Å². The van der Waals surface area contributed by atoms with Crippen molar-refractivity contribution in [3.8, 4) is 11.6 Å². The number of rotatable bonds is 4. The predicted octanol–water partition coefficient (Wildman–Crippen LogP) is 3.39. The highest BCUT2D eigenvalue weighted by Crippen LogP contribution is 2.24. The highest BCUT2D eigenvalue weighted by atomic mass is 79.9. The largest absolute Gasteiger partial charge is 0.497 e. The first-order chi connectivity index (χ1) is 10.2. The monoisotopic (exact) mass is 347 g/mol. The molecule has 2 heterocycles. The molecule has 0 N–H and O–H groups in total. The van der Waals surface area contributed by atoms with Gasteiger partial charge in [-0.1, -0.05) is 12.1 Å². The first-order valence-electron chi connectivity index (χ1n) is 6.44. The Labute approximate surface area is 130 Å². The van der Waals surface area contributed by atoms with Crippen LogP contribution in [0.5, 0.6) is 11.6 Å².